The van der Waals surface area contributed by atoms with Crippen molar-refractivity contribution in [2.24, 2.45) is 0 Å². The fraction of sp³-hybridized carbons (Fsp3) is 0.0952. The fourth-order valence-corrected chi connectivity index (χ4v) is 3.43. The van der Waals surface area contributed by atoms with Crippen LogP contribution >= 0.6 is 11.8 Å². The molecule has 1 N–H and O–H groups in total. The van der Waals surface area contributed by atoms with E-state index in [1.54, 1.807) is 18.9 Å². The highest BCUT2D eigenvalue weighted by molar-refractivity contribution is 7.99. The van der Waals surface area contributed by atoms with Crippen molar-refractivity contribution in [2.45, 2.75) is 10.3 Å². The molecule has 25 heavy (non-hydrogen) atoms. The van der Waals surface area contributed by atoms with Crippen LogP contribution in [0.4, 0.5) is 0 Å². The summed E-state index contributed by atoms with van der Waals surface area (Å²) in [6.07, 6.45) is 0. The van der Waals surface area contributed by atoms with Crippen molar-refractivity contribution in [3.8, 4) is 5.75 Å². The van der Waals surface area contributed by atoms with Crippen molar-refractivity contribution in [2.75, 3.05) is 7.11 Å². The summed E-state index contributed by atoms with van der Waals surface area (Å²) >= 11 is 1.61. The first-order valence-electron chi connectivity index (χ1n) is 7.98. The highest BCUT2D eigenvalue weighted by Gasteiger charge is 2.17. The van der Waals surface area contributed by atoms with E-state index in [2.05, 4.69) is 5.32 Å². The molecule has 0 heterocycles. The van der Waals surface area contributed by atoms with Crippen LogP contribution in [0.2, 0.25) is 0 Å². The Labute approximate surface area is 152 Å². The van der Waals surface area contributed by atoms with Gasteiger partial charge in [0.2, 0.25) is 0 Å². The number of thioether (sulfide) groups is 1. The predicted octanol–water partition coefficient (Wildman–Crippen LogP) is 4.92. The van der Waals surface area contributed by atoms with E-state index in [0.29, 0.717) is 5.56 Å². The Morgan fingerprint density at radius 2 is 1.48 bits per heavy atom. The van der Waals surface area contributed by atoms with E-state index in [1.807, 2.05) is 84.9 Å². The molecule has 0 aliphatic rings. The van der Waals surface area contributed by atoms with Gasteiger partial charge in [0.15, 0.2) is 0 Å². The van der Waals surface area contributed by atoms with Gasteiger partial charge in [-0.1, -0.05) is 60.3 Å². The maximum absolute atomic E-state index is 12.6. The van der Waals surface area contributed by atoms with Crippen LogP contribution in [-0.2, 0) is 0 Å². The van der Waals surface area contributed by atoms with E-state index >= 15 is 0 Å². The molecule has 126 valence electrons. The maximum Gasteiger partial charge on any atom is 0.252 e. The Bertz CT molecular complexity index is 804. The Balaban J connectivity index is 1.84. The topological polar surface area (TPSA) is 38.3 Å². The monoisotopic (exact) mass is 349 g/mol. The van der Waals surface area contributed by atoms with Crippen LogP contribution in [0.25, 0.3) is 0 Å². The van der Waals surface area contributed by atoms with Crippen molar-refractivity contribution in [3.63, 3.8) is 0 Å². The Kier molecular flexibility index (Phi) is 5.75. The van der Waals surface area contributed by atoms with Gasteiger partial charge in [-0.2, -0.15) is 0 Å². The van der Waals surface area contributed by atoms with E-state index in [4.69, 9.17) is 4.74 Å². The normalized spacial score (nSPS) is 11.6. The molecule has 0 fully saturated rings. The molecule has 1 atom stereocenters. The van der Waals surface area contributed by atoms with Crippen LogP contribution in [0, 0.1) is 0 Å². The van der Waals surface area contributed by atoms with Gasteiger partial charge in [0, 0.05) is 10.5 Å². The Morgan fingerprint density at radius 1 is 0.880 bits per heavy atom. The SMILES string of the molecule is COc1ccc([C@@H](NC(=O)c2ccccc2)Sc2ccccc2)cc1. The lowest BCUT2D eigenvalue weighted by atomic mass is 10.2. The van der Waals surface area contributed by atoms with E-state index in [-0.39, 0.29) is 11.3 Å². The number of carbonyl (C=O) groups excluding carboxylic acids is 1. The van der Waals surface area contributed by atoms with Crippen molar-refractivity contribution >= 4 is 17.7 Å². The third kappa shape index (κ3) is 4.64. The van der Waals surface area contributed by atoms with Crippen LogP contribution in [0.5, 0.6) is 5.75 Å². The van der Waals surface area contributed by atoms with E-state index in [1.165, 1.54) is 0 Å². The van der Waals surface area contributed by atoms with E-state index in [0.717, 1.165) is 16.2 Å². The number of carbonyl (C=O) groups is 1. The van der Waals surface area contributed by atoms with E-state index in [9.17, 15) is 4.79 Å². The average molecular weight is 349 g/mol. The number of nitrogens with one attached hydrogen (secondary N) is 1. The molecule has 3 rings (SSSR count). The third-order valence-electron chi connectivity index (χ3n) is 3.71. The third-order valence-corrected chi connectivity index (χ3v) is 4.88. The molecule has 0 saturated heterocycles. The zero-order valence-electron chi connectivity index (χ0n) is 13.9. The second-order valence-corrected chi connectivity index (χ2v) is 6.60. The van der Waals surface area contributed by atoms with Crippen molar-refractivity contribution in [1.29, 1.82) is 0 Å². The van der Waals surface area contributed by atoms with Crippen molar-refractivity contribution in [3.05, 3.63) is 96.1 Å². The summed E-state index contributed by atoms with van der Waals surface area (Å²) in [4.78, 5) is 13.7. The molecule has 3 aromatic carbocycles. The minimum atomic E-state index is -0.194. The largest absolute Gasteiger partial charge is 0.497 e. The van der Waals surface area contributed by atoms with Gasteiger partial charge >= 0.3 is 0 Å². The maximum atomic E-state index is 12.6. The molecule has 1 amide bonds. The van der Waals surface area contributed by atoms with E-state index < -0.39 is 0 Å². The first-order chi connectivity index (χ1) is 12.3. The van der Waals surface area contributed by atoms with Crippen LogP contribution in [0.1, 0.15) is 21.3 Å². The molecule has 3 nitrogen and oxygen atoms in total. The van der Waals surface area contributed by atoms with Crippen LogP contribution < -0.4 is 10.1 Å². The van der Waals surface area contributed by atoms with Crippen LogP contribution in [0.15, 0.2) is 89.8 Å². The molecular weight excluding hydrogens is 330 g/mol. The summed E-state index contributed by atoms with van der Waals surface area (Å²) in [5.74, 6) is 0.700. The van der Waals surface area contributed by atoms with Gasteiger partial charge in [0.1, 0.15) is 11.1 Å². The molecule has 0 aliphatic carbocycles. The summed E-state index contributed by atoms with van der Waals surface area (Å²) in [5.41, 5.74) is 1.66. The van der Waals surface area contributed by atoms with Crippen LogP contribution in [0.3, 0.4) is 0 Å². The fourth-order valence-electron chi connectivity index (χ4n) is 2.39. The molecule has 0 spiro atoms. The zero-order valence-corrected chi connectivity index (χ0v) is 14.7. The summed E-state index contributed by atoms with van der Waals surface area (Å²) in [6, 6.07) is 27.1. The predicted molar refractivity (Wildman–Crippen MR) is 102 cm³/mol. The van der Waals surface area contributed by atoms with Gasteiger partial charge in [0.05, 0.1) is 7.11 Å². The highest BCUT2D eigenvalue weighted by atomic mass is 32.2. The van der Waals surface area contributed by atoms with Gasteiger partial charge in [-0.25, -0.2) is 0 Å². The van der Waals surface area contributed by atoms with Gasteiger partial charge in [-0.15, -0.1) is 0 Å². The molecular formula is C21H19NO2S. The first kappa shape index (κ1) is 17.1. The summed E-state index contributed by atoms with van der Waals surface area (Å²) in [6.45, 7) is 0. The molecule has 0 saturated carbocycles. The molecule has 3 aromatic rings. The Morgan fingerprint density at radius 3 is 2.08 bits per heavy atom. The van der Waals surface area contributed by atoms with Gasteiger partial charge in [-0.3, -0.25) is 4.79 Å². The second kappa shape index (κ2) is 8.40. The summed E-state index contributed by atoms with van der Waals surface area (Å²) < 4.78 is 5.22. The minimum absolute atomic E-state index is 0.0927. The second-order valence-electron chi connectivity index (χ2n) is 5.42. The molecule has 0 aliphatic heterocycles. The molecule has 0 radical (unpaired) electrons. The lowest BCUT2D eigenvalue weighted by Crippen LogP contribution is -2.26. The number of amides is 1. The molecule has 4 heteroatoms. The molecule has 0 unspecified atom stereocenters. The number of methoxy groups -OCH3 is 1. The minimum Gasteiger partial charge on any atom is -0.497 e. The Hall–Kier alpha value is -2.72. The number of hydrogen-bond acceptors (Lipinski definition) is 3. The average Bonchev–Trinajstić information content (AvgIpc) is 2.69. The van der Waals surface area contributed by atoms with Gasteiger partial charge in [-0.05, 0) is 42.0 Å². The summed E-state index contributed by atoms with van der Waals surface area (Å²) in [5, 5.41) is 2.93. The van der Waals surface area contributed by atoms with Crippen LogP contribution in [-0.4, -0.2) is 13.0 Å². The quantitative estimate of drug-likeness (QED) is 0.507. The smallest absolute Gasteiger partial charge is 0.252 e. The highest BCUT2D eigenvalue weighted by Crippen LogP contribution is 2.34. The first-order valence-corrected chi connectivity index (χ1v) is 8.86. The lowest BCUT2D eigenvalue weighted by molar-refractivity contribution is 0.0949. The number of benzene rings is 3. The standard InChI is InChI=1S/C21H19NO2S/c1-24-18-14-12-17(13-15-18)21(25-19-10-6-3-7-11-19)22-20(23)16-8-4-2-5-9-16/h2-15,21H,1H3,(H,22,23)/t21-/m0/s1. The molecule has 0 aromatic heterocycles. The number of ether oxygens (including phenoxy) is 1. The number of rotatable bonds is 6. The van der Waals surface area contributed by atoms with Crippen molar-refractivity contribution in [1.82, 2.24) is 5.32 Å². The van der Waals surface area contributed by atoms with Crippen molar-refractivity contribution < 1.29 is 9.53 Å². The number of hydrogen-bond donors (Lipinski definition) is 1. The van der Waals surface area contributed by atoms with Gasteiger partial charge < -0.3 is 10.1 Å². The molecule has 0 bridgehead atoms. The lowest BCUT2D eigenvalue weighted by Gasteiger charge is -2.19. The summed E-state index contributed by atoms with van der Waals surface area (Å²) in [7, 11) is 1.64. The zero-order chi connectivity index (χ0) is 17.5. The van der Waals surface area contributed by atoms with Gasteiger partial charge in [0.25, 0.3) is 5.91 Å².